The fourth-order valence-corrected chi connectivity index (χ4v) is 2.60. The van der Waals surface area contributed by atoms with Crippen molar-refractivity contribution in [1.82, 2.24) is 0 Å². The van der Waals surface area contributed by atoms with Gasteiger partial charge >= 0.3 is 0 Å². The first kappa shape index (κ1) is 17.9. The van der Waals surface area contributed by atoms with Crippen LogP contribution >= 0.6 is 12.6 Å². The van der Waals surface area contributed by atoms with Gasteiger partial charge in [0.1, 0.15) is 5.75 Å². The van der Waals surface area contributed by atoms with Gasteiger partial charge in [0.05, 0.1) is 12.0 Å². The van der Waals surface area contributed by atoms with Crippen LogP contribution in [0.5, 0.6) is 5.75 Å². The van der Waals surface area contributed by atoms with E-state index in [9.17, 15) is 5.11 Å². The van der Waals surface area contributed by atoms with Crippen LogP contribution in [0.15, 0.2) is 58.9 Å². The molecule has 0 heterocycles. The SMILES string of the molecule is CCN(CC)c1ccc(/C(=C/S)N=CNc2cccc(O)c2)cc1. The lowest BCUT2D eigenvalue weighted by Crippen LogP contribution is -2.21. The zero-order valence-electron chi connectivity index (χ0n) is 14.0. The van der Waals surface area contributed by atoms with Crippen LogP contribution in [0.4, 0.5) is 11.4 Å². The number of anilines is 2. The highest BCUT2D eigenvalue weighted by Crippen LogP contribution is 2.21. The minimum absolute atomic E-state index is 0.213. The first-order valence-electron chi connectivity index (χ1n) is 7.95. The summed E-state index contributed by atoms with van der Waals surface area (Å²) in [7, 11) is 0. The molecule has 2 N–H and O–H groups in total. The highest BCUT2D eigenvalue weighted by Gasteiger charge is 2.03. The van der Waals surface area contributed by atoms with Crippen LogP contribution in [-0.2, 0) is 0 Å². The van der Waals surface area contributed by atoms with E-state index in [0.717, 1.165) is 30.0 Å². The van der Waals surface area contributed by atoms with Gasteiger partial charge in [-0.25, -0.2) is 4.99 Å². The molecule has 2 aromatic rings. The van der Waals surface area contributed by atoms with E-state index in [1.165, 1.54) is 5.69 Å². The molecule has 0 saturated carbocycles. The molecule has 4 nitrogen and oxygen atoms in total. The van der Waals surface area contributed by atoms with Crippen LogP contribution in [0.2, 0.25) is 0 Å². The van der Waals surface area contributed by atoms with Gasteiger partial charge < -0.3 is 15.3 Å². The first-order chi connectivity index (χ1) is 11.7. The monoisotopic (exact) mass is 341 g/mol. The van der Waals surface area contributed by atoms with Crippen LogP contribution < -0.4 is 10.2 Å². The number of nitrogens with one attached hydrogen (secondary N) is 1. The zero-order chi connectivity index (χ0) is 17.4. The molecule has 0 aromatic heterocycles. The minimum Gasteiger partial charge on any atom is -0.508 e. The molecule has 0 aliphatic carbocycles. The van der Waals surface area contributed by atoms with Crippen LogP contribution in [0.25, 0.3) is 5.70 Å². The Morgan fingerprint density at radius 3 is 2.46 bits per heavy atom. The molecule has 0 bridgehead atoms. The number of rotatable bonds is 7. The van der Waals surface area contributed by atoms with E-state index in [1.807, 2.05) is 18.2 Å². The molecule has 0 atom stereocenters. The number of hydrogen-bond donors (Lipinski definition) is 3. The lowest BCUT2D eigenvalue weighted by molar-refractivity contribution is 0.475. The Morgan fingerprint density at radius 2 is 1.88 bits per heavy atom. The van der Waals surface area contributed by atoms with Crippen LogP contribution in [-0.4, -0.2) is 24.5 Å². The number of phenols is 1. The molecule has 0 amide bonds. The van der Waals surface area contributed by atoms with Gasteiger partial charge in [-0.3, -0.25) is 0 Å². The van der Waals surface area contributed by atoms with Crippen molar-refractivity contribution in [3.05, 3.63) is 59.5 Å². The summed E-state index contributed by atoms with van der Waals surface area (Å²) in [5.74, 6) is 0.213. The van der Waals surface area contributed by atoms with Gasteiger partial charge in [0.15, 0.2) is 0 Å². The molecular formula is C19H23N3OS. The van der Waals surface area contributed by atoms with E-state index in [4.69, 9.17) is 0 Å². The maximum atomic E-state index is 9.45. The summed E-state index contributed by atoms with van der Waals surface area (Å²) in [5, 5.41) is 14.2. The van der Waals surface area contributed by atoms with Gasteiger partial charge in [-0.15, -0.1) is 12.6 Å². The summed E-state index contributed by atoms with van der Waals surface area (Å²) in [4.78, 5) is 6.70. The van der Waals surface area contributed by atoms with Gasteiger partial charge in [-0.2, -0.15) is 0 Å². The number of thiol groups is 1. The number of benzene rings is 2. The molecule has 2 rings (SSSR count). The summed E-state index contributed by atoms with van der Waals surface area (Å²) in [5.41, 5.74) is 3.73. The smallest absolute Gasteiger partial charge is 0.117 e. The van der Waals surface area contributed by atoms with Crippen molar-refractivity contribution in [2.45, 2.75) is 13.8 Å². The molecule has 2 aromatic carbocycles. The van der Waals surface area contributed by atoms with Crippen molar-refractivity contribution in [2.24, 2.45) is 4.99 Å². The van der Waals surface area contributed by atoms with Gasteiger partial charge in [0, 0.05) is 36.1 Å². The predicted octanol–water partition coefficient (Wildman–Crippen LogP) is 4.61. The van der Waals surface area contributed by atoms with Crippen molar-refractivity contribution in [3.8, 4) is 5.75 Å². The van der Waals surface area contributed by atoms with Crippen molar-refractivity contribution in [2.75, 3.05) is 23.3 Å². The highest BCUT2D eigenvalue weighted by atomic mass is 32.1. The molecule has 0 spiro atoms. The average Bonchev–Trinajstić information content (AvgIpc) is 2.61. The Morgan fingerprint density at radius 1 is 1.17 bits per heavy atom. The lowest BCUT2D eigenvalue weighted by Gasteiger charge is -2.21. The molecule has 0 radical (unpaired) electrons. The Kier molecular flexibility index (Phi) is 6.75. The Balaban J connectivity index is 2.07. The Bertz CT molecular complexity index is 707. The van der Waals surface area contributed by atoms with Crippen molar-refractivity contribution >= 4 is 36.0 Å². The molecule has 0 saturated heterocycles. The van der Waals surface area contributed by atoms with Crippen molar-refractivity contribution in [3.63, 3.8) is 0 Å². The fourth-order valence-electron chi connectivity index (χ4n) is 2.39. The maximum absolute atomic E-state index is 9.45. The second-order valence-corrected chi connectivity index (χ2v) is 5.44. The molecule has 126 valence electrons. The third kappa shape index (κ3) is 4.80. The summed E-state index contributed by atoms with van der Waals surface area (Å²) in [6, 6.07) is 15.2. The summed E-state index contributed by atoms with van der Waals surface area (Å²) in [6.07, 6.45) is 1.59. The Hall–Kier alpha value is -2.40. The second kappa shape index (κ2) is 9.03. The molecule has 0 aliphatic heterocycles. The van der Waals surface area contributed by atoms with Crippen LogP contribution in [0, 0.1) is 0 Å². The largest absolute Gasteiger partial charge is 0.508 e. The van der Waals surface area contributed by atoms with E-state index >= 15 is 0 Å². The zero-order valence-corrected chi connectivity index (χ0v) is 14.9. The highest BCUT2D eigenvalue weighted by molar-refractivity contribution is 7.83. The van der Waals surface area contributed by atoms with Crippen molar-refractivity contribution in [1.29, 1.82) is 0 Å². The summed E-state index contributed by atoms with van der Waals surface area (Å²) in [6.45, 7) is 6.26. The second-order valence-electron chi connectivity index (χ2n) is 5.19. The quantitative estimate of drug-likeness (QED) is 0.392. The lowest BCUT2D eigenvalue weighted by atomic mass is 10.1. The number of hydrogen-bond acceptors (Lipinski definition) is 4. The van der Waals surface area contributed by atoms with E-state index in [2.05, 4.69) is 53.8 Å². The number of phenolic OH excluding ortho intramolecular Hbond substituents is 1. The molecule has 0 aliphatic rings. The summed E-state index contributed by atoms with van der Waals surface area (Å²) >= 11 is 4.25. The number of aromatic hydroxyl groups is 1. The van der Waals surface area contributed by atoms with E-state index in [0.29, 0.717) is 0 Å². The molecule has 5 heteroatoms. The maximum Gasteiger partial charge on any atom is 0.117 e. The molecule has 0 fully saturated rings. The normalized spacial score (nSPS) is 11.7. The molecule has 0 unspecified atom stereocenters. The third-order valence-corrected chi connectivity index (χ3v) is 3.94. The summed E-state index contributed by atoms with van der Waals surface area (Å²) < 4.78 is 0. The Labute approximate surface area is 149 Å². The molecular weight excluding hydrogens is 318 g/mol. The van der Waals surface area contributed by atoms with Crippen LogP contribution in [0.3, 0.4) is 0 Å². The standard InChI is InChI=1S/C19H23N3OS/c1-3-22(4-2)17-10-8-15(9-11-17)19(13-24)21-14-20-16-6-5-7-18(23)12-16/h5-14,23-24H,3-4H2,1-2H3,(H,20,21)/b19-13-. The third-order valence-electron chi connectivity index (χ3n) is 3.69. The van der Waals surface area contributed by atoms with Crippen LogP contribution in [0.1, 0.15) is 19.4 Å². The van der Waals surface area contributed by atoms with Gasteiger partial charge in [0.25, 0.3) is 0 Å². The number of nitrogens with zero attached hydrogens (tertiary/aromatic N) is 2. The van der Waals surface area contributed by atoms with Crippen molar-refractivity contribution < 1.29 is 5.11 Å². The minimum atomic E-state index is 0.213. The number of aliphatic imine (C=N–C) groups is 1. The van der Waals surface area contributed by atoms with Gasteiger partial charge in [-0.05, 0) is 43.5 Å². The van der Waals surface area contributed by atoms with E-state index < -0.39 is 0 Å². The van der Waals surface area contributed by atoms with Gasteiger partial charge in [0.2, 0.25) is 0 Å². The fraction of sp³-hybridized carbons (Fsp3) is 0.211. The topological polar surface area (TPSA) is 47.9 Å². The average molecular weight is 341 g/mol. The predicted molar refractivity (Wildman–Crippen MR) is 107 cm³/mol. The van der Waals surface area contributed by atoms with Gasteiger partial charge in [-0.1, -0.05) is 18.2 Å². The first-order valence-corrected chi connectivity index (χ1v) is 8.47. The molecule has 24 heavy (non-hydrogen) atoms. The van der Waals surface area contributed by atoms with E-state index in [1.54, 1.807) is 29.9 Å². The van der Waals surface area contributed by atoms with E-state index in [-0.39, 0.29) is 5.75 Å².